The molecule has 4 aromatic rings. The minimum absolute atomic E-state index is 0.0163. The molecule has 2 aromatic carbocycles. The second-order valence-electron chi connectivity index (χ2n) is 9.53. The summed E-state index contributed by atoms with van der Waals surface area (Å²) in [6.45, 7) is 5.45. The average molecular weight is 572 g/mol. The van der Waals surface area contributed by atoms with Gasteiger partial charge in [-0.25, -0.2) is 14.6 Å². The molecule has 2 aromatic heterocycles. The first kappa shape index (κ1) is 28.3. The Hall–Kier alpha value is -4.70. The van der Waals surface area contributed by atoms with E-state index >= 15 is 0 Å². The van der Waals surface area contributed by atoms with E-state index in [1.165, 1.54) is 22.9 Å². The fourth-order valence-corrected chi connectivity index (χ4v) is 3.78. The van der Waals surface area contributed by atoms with Crippen molar-refractivity contribution in [1.29, 1.82) is 5.26 Å². The van der Waals surface area contributed by atoms with Crippen molar-refractivity contribution >= 4 is 28.9 Å². The van der Waals surface area contributed by atoms with Gasteiger partial charge in [-0.1, -0.05) is 23.7 Å². The van der Waals surface area contributed by atoms with Crippen LogP contribution in [0.5, 0.6) is 5.75 Å². The van der Waals surface area contributed by atoms with E-state index in [0.717, 1.165) is 11.8 Å². The Balaban J connectivity index is 1.76. The number of hydrogen-bond donors (Lipinski definition) is 1. The predicted octanol–water partition coefficient (Wildman–Crippen LogP) is 6.87. The molecule has 4 rings (SSSR count). The number of nitro benzene ring substituents is 1. The fourth-order valence-electron chi connectivity index (χ4n) is 3.66. The van der Waals surface area contributed by atoms with E-state index in [9.17, 15) is 28.5 Å². The lowest BCUT2D eigenvalue weighted by Gasteiger charge is -2.22. The minimum atomic E-state index is -4.66. The largest absolute Gasteiger partial charge is 0.482 e. The molecule has 0 amide bonds. The third kappa shape index (κ3) is 6.13. The SMILES string of the molecule is CC(C)(C)n1nc(-c2ccc([N+](=O)[O-])c(OCc3ccc(Cl)cc3)c2)c(C#N)c1Nc1cnc(C(F)(F)F)cn1. The summed E-state index contributed by atoms with van der Waals surface area (Å²) < 4.78 is 46.0. The number of hydrogen-bond acceptors (Lipinski definition) is 8. The Bertz CT molecular complexity index is 1590. The highest BCUT2D eigenvalue weighted by Crippen LogP contribution is 2.38. The van der Waals surface area contributed by atoms with Gasteiger partial charge in [0, 0.05) is 16.7 Å². The highest BCUT2D eigenvalue weighted by atomic mass is 35.5. The van der Waals surface area contributed by atoms with E-state index in [-0.39, 0.29) is 40.9 Å². The third-order valence-corrected chi connectivity index (χ3v) is 5.81. The predicted molar refractivity (Wildman–Crippen MR) is 140 cm³/mol. The molecule has 0 saturated heterocycles. The van der Waals surface area contributed by atoms with Gasteiger partial charge in [-0.05, 0) is 50.6 Å². The van der Waals surface area contributed by atoms with Crippen LogP contribution in [0.25, 0.3) is 11.3 Å². The van der Waals surface area contributed by atoms with Crippen molar-refractivity contribution in [2.45, 2.75) is 39.1 Å². The molecule has 0 bridgehead atoms. The number of anilines is 2. The molecular formula is C26H21ClF3N7O3. The van der Waals surface area contributed by atoms with Gasteiger partial charge in [-0.3, -0.25) is 10.1 Å². The zero-order valence-electron chi connectivity index (χ0n) is 21.3. The molecule has 0 aliphatic heterocycles. The topological polar surface area (TPSA) is 132 Å². The average Bonchev–Trinajstić information content (AvgIpc) is 3.26. The van der Waals surface area contributed by atoms with Crippen LogP contribution in [-0.2, 0) is 18.3 Å². The molecule has 206 valence electrons. The van der Waals surface area contributed by atoms with Crippen molar-refractivity contribution in [3.8, 4) is 23.1 Å². The molecule has 2 heterocycles. The number of benzene rings is 2. The molecule has 10 nitrogen and oxygen atoms in total. The molecule has 0 saturated carbocycles. The van der Waals surface area contributed by atoms with Crippen LogP contribution in [-0.4, -0.2) is 24.7 Å². The third-order valence-electron chi connectivity index (χ3n) is 5.56. The molecule has 14 heteroatoms. The van der Waals surface area contributed by atoms with Gasteiger partial charge in [0.2, 0.25) is 0 Å². The quantitative estimate of drug-likeness (QED) is 0.188. The van der Waals surface area contributed by atoms with E-state index in [0.29, 0.717) is 16.8 Å². The van der Waals surface area contributed by atoms with Crippen molar-refractivity contribution in [3.05, 3.63) is 86.8 Å². The molecule has 0 spiro atoms. The van der Waals surface area contributed by atoms with Crippen molar-refractivity contribution in [2.75, 3.05) is 5.32 Å². The highest BCUT2D eigenvalue weighted by Gasteiger charge is 2.33. The van der Waals surface area contributed by atoms with Gasteiger partial charge < -0.3 is 10.1 Å². The Morgan fingerprint density at radius 3 is 2.38 bits per heavy atom. The Morgan fingerprint density at radius 1 is 1.12 bits per heavy atom. The zero-order chi connectivity index (χ0) is 29.2. The first-order valence-corrected chi connectivity index (χ1v) is 12.0. The standard InChI is InChI=1S/C26H21ClF3N7O3/c1-25(2,3)36-24(34-22-13-32-21(12-33-22)26(28,29)30)18(11-31)23(35-36)16-6-9-19(37(38)39)20(10-16)40-14-15-4-7-17(27)8-5-15/h4-10,12-13H,14H2,1-3H3,(H,33,34). The van der Waals surface area contributed by atoms with Gasteiger partial charge in [0.15, 0.2) is 11.4 Å². The van der Waals surface area contributed by atoms with Crippen LogP contribution in [0.15, 0.2) is 54.9 Å². The monoisotopic (exact) mass is 571 g/mol. The van der Waals surface area contributed by atoms with E-state index < -0.39 is 22.3 Å². The summed E-state index contributed by atoms with van der Waals surface area (Å²) in [5.74, 6) is 0.0629. The Kier molecular flexibility index (Phi) is 7.66. The number of nitrogens with zero attached hydrogens (tertiary/aromatic N) is 6. The normalized spacial score (nSPS) is 11.7. The van der Waals surface area contributed by atoms with Gasteiger partial charge in [0.1, 0.15) is 35.6 Å². The van der Waals surface area contributed by atoms with Gasteiger partial charge >= 0.3 is 11.9 Å². The number of nitriles is 1. The maximum atomic E-state index is 12.9. The van der Waals surface area contributed by atoms with E-state index in [1.807, 2.05) is 20.8 Å². The lowest BCUT2D eigenvalue weighted by molar-refractivity contribution is -0.385. The van der Waals surface area contributed by atoms with Gasteiger partial charge in [-0.15, -0.1) is 0 Å². The molecular weight excluding hydrogens is 551 g/mol. The molecule has 0 radical (unpaired) electrons. The summed E-state index contributed by atoms with van der Waals surface area (Å²) in [5, 5.41) is 29.7. The van der Waals surface area contributed by atoms with E-state index in [1.54, 1.807) is 24.3 Å². The second kappa shape index (κ2) is 10.8. The molecule has 0 fully saturated rings. The smallest absolute Gasteiger partial charge is 0.434 e. The van der Waals surface area contributed by atoms with Crippen LogP contribution in [0.1, 0.15) is 37.6 Å². The van der Waals surface area contributed by atoms with E-state index in [4.69, 9.17) is 16.3 Å². The summed E-state index contributed by atoms with van der Waals surface area (Å²) in [5.41, 5.74) is -0.869. The van der Waals surface area contributed by atoms with Crippen molar-refractivity contribution < 1.29 is 22.8 Å². The van der Waals surface area contributed by atoms with Crippen LogP contribution in [0.4, 0.5) is 30.5 Å². The summed E-state index contributed by atoms with van der Waals surface area (Å²) in [7, 11) is 0. The first-order chi connectivity index (χ1) is 18.8. The van der Waals surface area contributed by atoms with Gasteiger partial charge in [0.05, 0.1) is 22.9 Å². The summed E-state index contributed by atoms with van der Waals surface area (Å²) in [4.78, 5) is 18.3. The lowest BCUT2D eigenvalue weighted by Crippen LogP contribution is -2.25. The van der Waals surface area contributed by atoms with Gasteiger partial charge in [0.25, 0.3) is 0 Å². The molecule has 0 aliphatic carbocycles. The molecule has 0 aliphatic rings. The molecule has 0 atom stereocenters. The van der Waals surface area contributed by atoms with Crippen molar-refractivity contribution in [3.63, 3.8) is 0 Å². The van der Waals surface area contributed by atoms with Crippen LogP contribution in [0.2, 0.25) is 5.02 Å². The number of alkyl halides is 3. The highest BCUT2D eigenvalue weighted by molar-refractivity contribution is 6.30. The number of halogens is 4. The zero-order valence-corrected chi connectivity index (χ0v) is 22.1. The van der Waals surface area contributed by atoms with Crippen LogP contribution in [0.3, 0.4) is 0 Å². The van der Waals surface area contributed by atoms with E-state index in [2.05, 4.69) is 26.5 Å². The second-order valence-corrected chi connectivity index (χ2v) is 9.97. The summed E-state index contributed by atoms with van der Waals surface area (Å²) >= 11 is 5.91. The molecule has 40 heavy (non-hydrogen) atoms. The number of ether oxygens (including phenoxy) is 1. The van der Waals surface area contributed by atoms with Crippen molar-refractivity contribution in [1.82, 2.24) is 19.7 Å². The maximum absolute atomic E-state index is 12.9. The number of aromatic nitrogens is 4. The van der Waals surface area contributed by atoms with Crippen molar-refractivity contribution in [2.24, 2.45) is 0 Å². The maximum Gasteiger partial charge on any atom is 0.434 e. The van der Waals surface area contributed by atoms with Gasteiger partial charge in [-0.2, -0.15) is 23.5 Å². The Labute approximate surface area is 231 Å². The van der Waals surface area contributed by atoms with Crippen LogP contribution in [0, 0.1) is 21.4 Å². The summed E-state index contributed by atoms with van der Waals surface area (Å²) in [6, 6.07) is 12.9. The summed E-state index contributed by atoms with van der Waals surface area (Å²) in [6.07, 6.45) is -3.18. The lowest BCUT2D eigenvalue weighted by atomic mass is 10.1. The molecule has 0 unspecified atom stereocenters. The number of rotatable bonds is 7. The first-order valence-electron chi connectivity index (χ1n) is 11.6. The number of nitro groups is 1. The Morgan fingerprint density at radius 2 is 1.82 bits per heavy atom. The van der Waals surface area contributed by atoms with Crippen LogP contribution < -0.4 is 10.1 Å². The van der Waals surface area contributed by atoms with Crippen LogP contribution >= 0.6 is 11.6 Å². The molecule has 1 N–H and O–H groups in total. The number of nitrogens with one attached hydrogen (secondary N) is 1. The fraction of sp³-hybridized carbons (Fsp3) is 0.231. The minimum Gasteiger partial charge on any atom is -0.482 e.